The lowest BCUT2D eigenvalue weighted by Gasteiger charge is -2.26. The van der Waals surface area contributed by atoms with E-state index in [9.17, 15) is 18.0 Å². The normalized spacial score (nSPS) is 14.4. The maximum atomic E-state index is 12.2. The summed E-state index contributed by atoms with van der Waals surface area (Å²) in [6, 6.07) is -1.09. The molecule has 0 saturated carbocycles. The van der Waals surface area contributed by atoms with Gasteiger partial charge >= 0.3 is 12.1 Å². The highest BCUT2D eigenvalue weighted by atomic mass is 19.4. The van der Waals surface area contributed by atoms with Crippen LogP contribution in [-0.4, -0.2) is 53.9 Å². The van der Waals surface area contributed by atoms with Gasteiger partial charge in [0, 0.05) is 12.6 Å². The first-order chi connectivity index (χ1) is 7.65. The van der Waals surface area contributed by atoms with Crippen LogP contribution in [0.1, 0.15) is 20.8 Å². The van der Waals surface area contributed by atoms with Crippen LogP contribution >= 0.6 is 0 Å². The number of rotatable bonds is 7. The molecule has 0 aromatic heterocycles. The molecule has 0 spiro atoms. The Labute approximate surface area is 98.8 Å². The van der Waals surface area contributed by atoms with E-state index in [1.54, 1.807) is 20.8 Å². The van der Waals surface area contributed by atoms with Crippen molar-refractivity contribution in [1.29, 1.82) is 0 Å². The number of carboxylic acids is 1. The van der Waals surface area contributed by atoms with Gasteiger partial charge in [-0.05, 0) is 6.54 Å². The molecule has 0 amide bonds. The number of likely N-dealkylation sites (N-methyl/N-ethyl adjacent to an activating group) is 1. The highest BCUT2D eigenvalue weighted by Gasteiger charge is 2.32. The van der Waals surface area contributed by atoms with Crippen LogP contribution in [-0.2, 0) is 4.79 Å². The largest absolute Gasteiger partial charge is 0.480 e. The molecule has 0 bridgehead atoms. The predicted octanol–water partition coefficient (Wildman–Crippen LogP) is 1.32. The summed E-state index contributed by atoms with van der Waals surface area (Å²) in [5.74, 6) is -1.14. The molecule has 4 nitrogen and oxygen atoms in total. The molecule has 2 N–H and O–H groups in total. The van der Waals surface area contributed by atoms with Crippen molar-refractivity contribution in [3.05, 3.63) is 0 Å². The van der Waals surface area contributed by atoms with Crippen LogP contribution in [0.3, 0.4) is 0 Å². The van der Waals surface area contributed by atoms with Crippen molar-refractivity contribution in [3.63, 3.8) is 0 Å². The van der Waals surface area contributed by atoms with Crippen LogP contribution in [0.25, 0.3) is 0 Å². The molecule has 102 valence electrons. The first-order valence-electron chi connectivity index (χ1n) is 5.43. The minimum Gasteiger partial charge on any atom is -0.480 e. The van der Waals surface area contributed by atoms with Crippen molar-refractivity contribution < 1.29 is 23.1 Å². The number of carbonyl (C=O) groups is 1. The monoisotopic (exact) mass is 256 g/mol. The number of nitrogens with zero attached hydrogens (tertiary/aromatic N) is 1. The summed E-state index contributed by atoms with van der Waals surface area (Å²) in [6.07, 6.45) is -4.31. The lowest BCUT2D eigenvalue weighted by Crippen LogP contribution is -2.50. The third-order valence-corrected chi connectivity index (χ3v) is 2.12. The van der Waals surface area contributed by atoms with E-state index in [1.807, 2.05) is 0 Å². The second-order valence-electron chi connectivity index (χ2n) is 4.16. The molecule has 0 aromatic carbocycles. The van der Waals surface area contributed by atoms with Gasteiger partial charge in [0.05, 0.1) is 6.54 Å². The van der Waals surface area contributed by atoms with Crippen LogP contribution in [0.5, 0.6) is 0 Å². The summed E-state index contributed by atoms with van der Waals surface area (Å²) >= 11 is 0. The molecule has 0 aliphatic carbocycles. The first-order valence-corrected chi connectivity index (χ1v) is 5.43. The minimum absolute atomic E-state index is 0.0966. The lowest BCUT2D eigenvalue weighted by atomic mass is 10.2. The number of alkyl halides is 3. The van der Waals surface area contributed by atoms with Crippen molar-refractivity contribution in [3.8, 4) is 0 Å². The average Bonchev–Trinajstić information content (AvgIpc) is 2.12. The number of carboxylic acid groups (broad SMARTS) is 1. The van der Waals surface area contributed by atoms with Crippen LogP contribution in [0, 0.1) is 0 Å². The Kier molecular flexibility index (Phi) is 6.48. The van der Waals surface area contributed by atoms with Gasteiger partial charge in [-0.3, -0.25) is 9.69 Å². The molecule has 17 heavy (non-hydrogen) atoms. The van der Waals surface area contributed by atoms with Crippen LogP contribution in [0.2, 0.25) is 0 Å². The Morgan fingerprint density at radius 3 is 2.24 bits per heavy atom. The fraction of sp³-hybridized carbons (Fsp3) is 0.900. The fourth-order valence-corrected chi connectivity index (χ4v) is 1.42. The topological polar surface area (TPSA) is 52.6 Å². The smallest absolute Gasteiger partial charge is 0.401 e. The van der Waals surface area contributed by atoms with Gasteiger partial charge in [-0.2, -0.15) is 13.2 Å². The van der Waals surface area contributed by atoms with Gasteiger partial charge in [0.1, 0.15) is 6.04 Å². The first kappa shape index (κ1) is 16.2. The number of aliphatic carboxylic acids is 1. The standard InChI is InChI=1S/C10H19F3N2O2/c1-4-15(6-10(11,12)13)5-8(9(16)17)14-7(2)3/h7-8,14H,4-6H2,1-3H3,(H,16,17). The van der Waals surface area contributed by atoms with Crippen molar-refractivity contribution in [2.75, 3.05) is 19.6 Å². The molecule has 0 heterocycles. The molecule has 0 radical (unpaired) electrons. The van der Waals surface area contributed by atoms with E-state index in [0.717, 1.165) is 4.90 Å². The third-order valence-electron chi connectivity index (χ3n) is 2.12. The second-order valence-corrected chi connectivity index (χ2v) is 4.16. The van der Waals surface area contributed by atoms with Gasteiger partial charge in [-0.25, -0.2) is 0 Å². The number of hydrogen-bond donors (Lipinski definition) is 2. The van der Waals surface area contributed by atoms with Crippen LogP contribution in [0.15, 0.2) is 0 Å². The van der Waals surface area contributed by atoms with Gasteiger partial charge in [0.15, 0.2) is 0 Å². The van der Waals surface area contributed by atoms with Gasteiger partial charge in [-0.15, -0.1) is 0 Å². The molecule has 0 aliphatic heterocycles. The lowest BCUT2D eigenvalue weighted by molar-refractivity contribution is -0.151. The summed E-state index contributed by atoms with van der Waals surface area (Å²) in [6.45, 7) is 3.96. The Bertz CT molecular complexity index is 244. The molecule has 1 atom stereocenters. The van der Waals surface area contributed by atoms with E-state index in [2.05, 4.69) is 5.32 Å². The Morgan fingerprint density at radius 2 is 1.94 bits per heavy atom. The molecule has 1 unspecified atom stereocenters. The molecule has 0 rings (SSSR count). The van der Waals surface area contributed by atoms with E-state index in [-0.39, 0.29) is 19.1 Å². The minimum atomic E-state index is -4.31. The summed E-state index contributed by atoms with van der Waals surface area (Å²) in [5, 5.41) is 11.6. The summed E-state index contributed by atoms with van der Waals surface area (Å²) in [7, 11) is 0. The molecule has 0 fully saturated rings. The van der Waals surface area contributed by atoms with E-state index >= 15 is 0 Å². The van der Waals surface area contributed by atoms with E-state index in [0.29, 0.717) is 0 Å². The van der Waals surface area contributed by atoms with Gasteiger partial charge in [0.2, 0.25) is 0 Å². The van der Waals surface area contributed by atoms with Crippen LogP contribution in [0.4, 0.5) is 13.2 Å². The Hall–Kier alpha value is -0.820. The third kappa shape index (κ3) is 7.98. The molecule has 0 aliphatic rings. The van der Waals surface area contributed by atoms with E-state index in [1.165, 1.54) is 0 Å². The molecular weight excluding hydrogens is 237 g/mol. The predicted molar refractivity (Wildman–Crippen MR) is 57.9 cm³/mol. The number of nitrogens with one attached hydrogen (secondary N) is 1. The zero-order chi connectivity index (χ0) is 13.6. The molecule has 0 saturated heterocycles. The van der Waals surface area contributed by atoms with Gasteiger partial charge in [-0.1, -0.05) is 20.8 Å². The zero-order valence-corrected chi connectivity index (χ0v) is 10.2. The maximum absolute atomic E-state index is 12.2. The van der Waals surface area contributed by atoms with E-state index < -0.39 is 24.7 Å². The average molecular weight is 256 g/mol. The molecule has 0 aromatic rings. The summed E-state index contributed by atoms with van der Waals surface area (Å²) < 4.78 is 36.6. The summed E-state index contributed by atoms with van der Waals surface area (Å²) in [4.78, 5) is 11.9. The highest BCUT2D eigenvalue weighted by molar-refractivity contribution is 5.73. The van der Waals surface area contributed by atoms with Gasteiger partial charge in [0.25, 0.3) is 0 Å². The van der Waals surface area contributed by atoms with Crippen LogP contribution < -0.4 is 5.32 Å². The highest BCUT2D eigenvalue weighted by Crippen LogP contribution is 2.16. The summed E-state index contributed by atoms with van der Waals surface area (Å²) in [5.41, 5.74) is 0. The quantitative estimate of drug-likeness (QED) is 0.721. The number of halogens is 3. The SMILES string of the molecule is CCN(CC(NC(C)C)C(=O)O)CC(F)(F)F. The molecule has 7 heteroatoms. The Morgan fingerprint density at radius 1 is 1.41 bits per heavy atom. The van der Waals surface area contributed by atoms with Crippen molar-refractivity contribution >= 4 is 5.97 Å². The Balaban J connectivity index is 4.44. The zero-order valence-electron chi connectivity index (χ0n) is 10.2. The fourth-order valence-electron chi connectivity index (χ4n) is 1.42. The van der Waals surface area contributed by atoms with Crippen molar-refractivity contribution in [2.45, 2.75) is 39.0 Å². The van der Waals surface area contributed by atoms with Crippen molar-refractivity contribution in [1.82, 2.24) is 10.2 Å². The van der Waals surface area contributed by atoms with E-state index in [4.69, 9.17) is 5.11 Å². The second kappa shape index (κ2) is 6.80. The van der Waals surface area contributed by atoms with Gasteiger partial charge < -0.3 is 10.4 Å². The maximum Gasteiger partial charge on any atom is 0.401 e. The molecular formula is C10H19F3N2O2. The number of hydrogen-bond acceptors (Lipinski definition) is 3. The van der Waals surface area contributed by atoms with Crippen molar-refractivity contribution in [2.24, 2.45) is 0 Å².